The highest BCUT2D eigenvalue weighted by molar-refractivity contribution is 6.32. The van der Waals surface area contributed by atoms with E-state index in [1.807, 2.05) is 45.0 Å². The van der Waals surface area contributed by atoms with Crippen molar-refractivity contribution in [2.75, 3.05) is 18.5 Å². The Bertz CT molecular complexity index is 1160. The maximum Gasteiger partial charge on any atom is 0.144 e. The smallest absolute Gasteiger partial charge is 0.144 e. The highest BCUT2D eigenvalue weighted by atomic mass is 35.5. The summed E-state index contributed by atoms with van der Waals surface area (Å²) < 4.78 is 11.5. The Labute approximate surface area is 167 Å². The second kappa shape index (κ2) is 7.56. The van der Waals surface area contributed by atoms with E-state index in [4.69, 9.17) is 21.1 Å². The molecular weight excluding hydrogens is 376 g/mol. The van der Waals surface area contributed by atoms with Gasteiger partial charge in [0, 0.05) is 28.7 Å². The van der Waals surface area contributed by atoms with Crippen molar-refractivity contribution in [1.29, 1.82) is 0 Å². The van der Waals surface area contributed by atoms with Crippen LogP contribution in [0.4, 0.5) is 11.4 Å². The van der Waals surface area contributed by atoms with E-state index >= 15 is 0 Å². The number of anilines is 2. The summed E-state index contributed by atoms with van der Waals surface area (Å²) in [6.07, 6.45) is 1.58. The van der Waals surface area contributed by atoms with Crippen molar-refractivity contribution >= 4 is 44.9 Å². The zero-order valence-corrected chi connectivity index (χ0v) is 16.7. The number of aryl methyl sites for hydroxylation is 1. The van der Waals surface area contributed by atoms with Crippen molar-refractivity contribution in [2.24, 2.45) is 0 Å². The highest BCUT2D eigenvalue weighted by Crippen LogP contribution is 2.39. The molecule has 2 heterocycles. The van der Waals surface area contributed by atoms with Crippen LogP contribution in [0.2, 0.25) is 5.02 Å². The number of benzene rings is 2. The Morgan fingerprint density at radius 1 is 1.00 bits per heavy atom. The van der Waals surface area contributed by atoms with Crippen LogP contribution >= 0.6 is 11.6 Å². The minimum Gasteiger partial charge on any atom is -0.492 e. The van der Waals surface area contributed by atoms with E-state index in [1.165, 1.54) is 0 Å². The number of rotatable bonds is 6. The van der Waals surface area contributed by atoms with E-state index in [0.29, 0.717) is 29.7 Å². The molecule has 0 radical (unpaired) electrons. The number of imidazole rings is 1. The Morgan fingerprint density at radius 3 is 2.57 bits per heavy atom. The molecule has 0 saturated heterocycles. The molecule has 0 unspecified atom stereocenters. The van der Waals surface area contributed by atoms with Crippen LogP contribution in [-0.2, 0) is 0 Å². The summed E-state index contributed by atoms with van der Waals surface area (Å²) in [6, 6.07) is 9.67. The van der Waals surface area contributed by atoms with Gasteiger partial charge < -0.3 is 19.8 Å². The number of fused-ring (bicyclic) bond motifs is 3. The molecule has 0 amide bonds. The number of ether oxygens (including phenoxy) is 2. The molecule has 2 aromatic carbocycles. The molecule has 28 heavy (non-hydrogen) atoms. The molecule has 0 aliphatic rings. The van der Waals surface area contributed by atoms with Crippen molar-refractivity contribution in [3.05, 3.63) is 47.4 Å². The molecule has 2 N–H and O–H groups in total. The largest absolute Gasteiger partial charge is 0.492 e. The van der Waals surface area contributed by atoms with Crippen LogP contribution in [0.5, 0.6) is 11.5 Å². The first-order valence-electron chi connectivity index (χ1n) is 9.20. The van der Waals surface area contributed by atoms with Crippen LogP contribution in [0, 0.1) is 6.92 Å². The van der Waals surface area contributed by atoms with E-state index in [2.05, 4.69) is 20.3 Å². The lowest BCUT2D eigenvalue weighted by Gasteiger charge is -2.17. The number of nitrogens with zero attached hydrogens (tertiary/aromatic N) is 2. The van der Waals surface area contributed by atoms with Gasteiger partial charge in [0.25, 0.3) is 0 Å². The van der Waals surface area contributed by atoms with Crippen LogP contribution in [0.25, 0.3) is 21.9 Å². The maximum absolute atomic E-state index is 6.35. The van der Waals surface area contributed by atoms with E-state index < -0.39 is 0 Å². The quantitative estimate of drug-likeness (QED) is 0.443. The van der Waals surface area contributed by atoms with Crippen LogP contribution in [0.1, 0.15) is 19.5 Å². The summed E-state index contributed by atoms with van der Waals surface area (Å²) >= 11 is 6.35. The summed E-state index contributed by atoms with van der Waals surface area (Å²) in [5.41, 5.74) is 5.37. The molecule has 0 fully saturated rings. The number of aromatic amines is 1. The Balaban J connectivity index is 1.90. The molecule has 6 nitrogen and oxygen atoms in total. The summed E-state index contributed by atoms with van der Waals surface area (Å²) in [7, 11) is 0. The van der Waals surface area contributed by atoms with Gasteiger partial charge in [-0.15, -0.1) is 0 Å². The van der Waals surface area contributed by atoms with Crippen LogP contribution in [0.3, 0.4) is 0 Å². The van der Waals surface area contributed by atoms with Crippen LogP contribution in [-0.4, -0.2) is 28.2 Å². The minimum absolute atomic E-state index is 0.516. The molecule has 0 aliphatic heterocycles. The second-order valence-corrected chi connectivity index (χ2v) is 6.77. The molecule has 4 rings (SSSR count). The molecule has 0 spiro atoms. The normalized spacial score (nSPS) is 11.1. The number of aromatic nitrogens is 3. The fraction of sp³-hybridized carbons (Fsp3) is 0.238. The first-order valence-corrected chi connectivity index (χ1v) is 9.57. The molecule has 0 atom stereocenters. The summed E-state index contributed by atoms with van der Waals surface area (Å²) in [6.45, 7) is 6.93. The molecule has 144 valence electrons. The van der Waals surface area contributed by atoms with E-state index in [0.717, 1.165) is 39.0 Å². The number of hydrogen-bond donors (Lipinski definition) is 2. The van der Waals surface area contributed by atoms with Gasteiger partial charge in [-0.1, -0.05) is 11.6 Å². The standard InChI is InChI=1S/C21H21ClN4O2/c1-4-27-18-10-16(19(28-5-2)9-13(18)22)26-17-8-12(3)25-14-6-7-15-21(20(14)17)24-11-23-15/h6-11,25-26H,4-5H2,1-3H3. The SMILES string of the molecule is CCOc1cc(Nc2cc(C)[nH]c3ccc4ncnc4c23)c(OCC)cc1Cl. The number of nitrogens with one attached hydrogen (secondary N) is 2. The lowest BCUT2D eigenvalue weighted by molar-refractivity contribution is 0.332. The Hall–Kier alpha value is -2.99. The molecule has 7 heteroatoms. The fourth-order valence-electron chi connectivity index (χ4n) is 3.30. The van der Waals surface area contributed by atoms with Gasteiger partial charge >= 0.3 is 0 Å². The number of hydrogen-bond acceptors (Lipinski definition) is 5. The van der Waals surface area contributed by atoms with Gasteiger partial charge in [0.2, 0.25) is 0 Å². The zero-order chi connectivity index (χ0) is 19.7. The van der Waals surface area contributed by atoms with Gasteiger partial charge in [-0.25, -0.2) is 9.97 Å². The average molecular weight is 397 g/mol. The first-order chi connectivity index (χ1) is 13.6. The van der Waals surface area contributed by atoms with Crippen LogP contribution < -0.4 is 14.8 Å². The summed E-state index contributed by atoms with van der Waals surface area (Å²) in [5, 5.41) is 4.98. The molecular formula is C21H21ClN4O2. The number of halogens is 1. The highest BCUT2D eigenvalue weighted by Gasteiger charge is 2.15. The van der Waals surface area contributed by atoms with Gasteiger partial charge in [-0.05, 0) is 39.0 Å². The van der Waals surface area contributed by atoms with Crippen molar-refractivity contribution in [3.8, 4) is 11.5 Å². The number of H-pyrrole nitrogens is 1. The Morgan fingerprint density at radius 2 is 1.79 bits per heavy atom. The second-order valence-electron chi connectivity index (χ2n) is 6.37. The third kappa shape index (κ3) is 3.31. The van der Waals surface area contributed by atoms with Crippen LogP contribution in [0.15, 0.2) is 36.7 Å². The topological polar surface area (TPSA) is 72.1 Å². The monoisotopic (exact) mass is 396 g/mol. The molecule has 0 bridgehead atoms. The third-order valence-electron chi connectivity index (χ3n) is 4.41. The summed E-state index contributed by atoms with van der Waals surface area (Å²) in [5.74, 6) is 1.27. The van der Waals surface area contributed by atoms with Gasteiger partial charge in [0.1, 0.15) is 23.3 Å². The van der Waals surface area contributed by atoms with Crippen molar-refractivity contribution in [2.45, 2.75) is 20.8 Å². The third-order valence-corrected chi connectivity index (χ3v) is 4.70. The molecule has 4 aromatic rings. The van der Waals surface area contributed by atoms with Gasteiger partial charge in [0.05, 0.1) is 35.1 Å². The minimum atomic E-state index is 0.516. The molecule has 0 saturated carbocycles. The van der Waals surface area contributed by atoms with Gasteiger partial charge in [-0.2, -0.15) is 0 Å². The molecule has 2 aromatic heterocycles. The van der Waals surface area contributed by atoms with Crippen molar-refractivity contribution in [3.63, 3.8) is 0 Å². The zero-order valence-electron chi connectivity index (χ0n) is 16.0. The van der Waals surface area contributed by atoms with E-state index in [-0.39, 0.29) is 0 Å². The van der Waals surface area contributed by atoms with Gasteiger partial charge in [-0.3, -0.25) is 0 Å². The summed E-state index contributed by atoms with van der Waals surface area (Å²) in [4.78, 5) is 12.2. The lowest BCUT2D eigenvalue weighted by Crippen LogP contribution is -2.01. The lowest BCUT2D eigenvalue weighted by atomic mass is 10.1. The predicted molar refractivity (Wildman–Crippen MR) is 113 cm³/mol. The average Bonchev–Trinajstić information content (AvgIpc) is 3.14. The number of pyridine rings is 1. The van der Waals surface area contributed by atoms with Crippen molar-refractivity contribution < 1.29 is 9.47 Å². The Kier molecular flexibility index (Phi) is 4.96. The maximum atomic E-state index is 6.35. The first kappa shape index (κ1) is 18.4. The predicted octanol–water partition coefficient (Wildman–Crippen LogP) is 5.61. The van der Waals surface area contributed by atoms with E-state index in [1.54, 1.807) is 12.4 Å². The van der Waals surface area contributed by atoms with E-state index in [9.17, 15) is 0 Å². The van der Waals surface area contributed by atoms with Crippen molar-refractivity contribution in [1.82, 2.24) is 15.0 Å². The van der Waals surface area contributed by atoms with Gasteiger partial charge in [0.15, 0.2) is 0 Å². The fourth-order valence-corrected chi connectivity index (χ4v) is 3.50. The molecule has 0 aliphatic carbocycles.